The largest absolute Gasteiger partial charge is 0.345 e. The summed E-state index contributed by atoms with van der Waals surface area (Å²) in [4.78, 5) is 32.0. The molecule has 34 heavy (non-hydrogen) atoms. The Morgan fingerprint density at radius 1 is 1.21 bits per heavy atom. The summed E-state index contributed by atoms with van der Waals surface area (Å²) < 4.78 is 4.37. The van der Waals surface area contributed by atoms with E-state index in [-0.39, 0.29) is 5.91 Å². The van der Waals surface area contributed by atoms with Crippen LogP contribution in [0.4, 0.5) is 5.82 Å². The van der Waals surface area contributed by atoms with Gasteiger partial charge in [-0.2, -0.15) is 0 Å². The predicted octanol–water partition coefficient (Wildman–Crippen LogP) is 2.96. The maximum Gasteiger partial charge on any atom is 0.241 e. The quantitative estimate of drug-likeness (QED) is 0.497. The van der Waals surface area contributed by atoms with Gasteiger partial charge in [0.05, 0.1) is 12.2 Å². The molecule has 0 bridgehead atoms. The van der Waals surface area contributed by atoms with Gasteiger partial charge in [-0.1, -0.05) is 13.0 Å². The third-order valence-electron chi connectivity index (χ3n) is 6.61. The number of pyridine rings is 1. The molecule has 8 nitrogen and oxygen atoms in total. The van der Waals surface area contributed by atoms with Gasteiger partial charge in [-0.3, -0.25) is 9.59 Å². The Hall–Kier alpha value is -2.36. The third kappa shape index (κ3) is 6.61. The van der Waals surface area contributed by atoms with Crippen LogP contribution in [0.5, 0.6) is 0 Å². The van der Waals surface area contributed by atoms with Crippen molar-refractivity contribution in [3.05, 3.63) is 41.3 Å². The highest BCUT2D eigenvalue weighted by atomic mass is 32.2. The number of carbonyl (C=O) groups is 2. The molecular formula is C25H38N6O2S. The average Bonchev–Trinajstić information content (AvgIpc) is 3.11. The highest BCUT2D eigenvalue weighted by Gasteiger charge is 2.23. The van der Waals surface area contributed by atoms with Crippen LogP contribution in [0.1, 0.15) is 41.5 Å². The number of amides is 1. The molecule has 4 heterocycles. The minimum absolute atomic E-state index is 0.150. The Balaban J connectivity index is 0.000000191. The van der Waals surface area contributed by atoms with Gasteiger partial charge in [-0.05, 0) is 56.8 Å². The second-order valence-electron chi connectivity index (χ2n) is 9.15. The van der Waals surface area contributed by atoms with Crippen molar-refractivity contribution in [2.45, 2.75) is 38.1 Å². The Labute approximate surface area is 207 Å². The Bertz CT molecular complexity index is 970. The molecule has 0 atom stereocenters. The minimum Gasteiger partial charge on any atom is -0.345 e. The van der Waals surface area contributed by atoms with Crippen LogP contribution in [0.3, 0.4) is 0 Å². The van der Waals surface area contributed by atoms with E-state index in [2.05, 4.69) is 33.4 Å². The van der Waals surface area contributed by atoms with Crippen molar-refractivity contribution in [3.63, 3.8) is 0 Å². The van der Waals surface area contributed by atoms with Crippen molar-refractivity contribution in [1.82, 2.24) is 24.1 Å². The highest BCUT2D eigenvalue weighted by Crippen LogP contribution is 2.31. The van der Waals surface area contributed by atoms with Crippen LogP contribution in [0, 0.1) is 12.8 Å². The van der Waals surface area contributed by atoms with Gasteiger partial charge in [0.15, 0.2) is 6.29 Å². The Kier molecular flexibility index (Phi) is 9.55. The molecule has 0 saturated carbocycles. The lowest BCUT2D eigenvalue weighted by molar-refractivity contribution is -0.129. The van der Waals surface area contributed by atoms with Gasteiger partial charge in [0.2, 0.25) is 5.91 Å². The molecule has 0 radical (unpaired) electrons. The topological polar surface area (TPSA) is 73.7 Å². The number of aromatic nitrogens is 2. The van der Waals surface area contributed by atoms with E-state index in [9.17, 15) is 9.59 Å². The number of piperazine rings is 1. The maximum absolute atomic E-state index is 11.7. The van der Waals surface area contributed by atoms with Crippen LogP contribution in [-0.2, 0) is 18.4 Å². The number of piperidine rings is 1. The van der Waals surface area contributed by atoms with Gasteiger partial charge in [0.1, 0.15) is 5.82 Å². The molecule has 2 aromatic heterocycles. The zero-order valence-corrected chi connectivity index (χ0v) is 21.9. The first-order valence-electron chi connectivity index (χ1n) is 12.0. The molecule has 0 unspecified atom stereocenters. The van der Waals surface area contributed by atoms with Crippen molar-refractivity contribution in [2.75, 3.05) is 51.7 Å². The summed E-state index contributed by atoms with van der Waals surface area (Å²) in [7, 11) is 5.69. The number of carbonyl (C=O) groups excluding carboxylic acids is 2. The normalized spacial score (nSPS) is 17.5. The van der Waals surface area contributed by atoms with Gasteiger partial charge in [-0.15, -0.1) is 0 Å². The van der Waals surface area contributed by atoms with Crippen LogP contribution in [-0.4, -0.2) is 77.8 Å². The summed E-state index contributed by atoms with van der Waals surface area (Å²) in [5.41, 5.74) is 3.07. The van der Waals surface area contributed by atoms with E-state index in [1.54, 1.807) is 23.0 Å². The molecule has 2 aliphatic heterocycles. The van der Waals surface area contributed by atoms with Crippen LogP contribution in [0.25, 0.3) is 0 Å². The van der Waals surface area contributed by atoms with Gasteiger partial charge in [-0.25, -0.2) is 9.29 Å². The van der Waals surface area contributed by atoms with E-state index >= 15 is 0 Å². The molecule has 1 N–H and O–H groups in total. The number of hydrogen-bond donors (Lipinski definition) is 1. The van der Waals surface area contributed by atoms with E-state index in [1.807, 2.05) is 43.9 Å². The second-order valence-corrected chi connectivity index (χ2v) is 10.3. The molecule has 2 aromatic rings. The summed E-state index contributed by atoms with van der Waals surface area (Å²) in [6, 6.07) is 5.96. The lowest BCUT2D eigenvalue weighted by atomic mass is 10.0. The first kappa shape index (κ1) is 26.2. The summed E-state index contributed by atoms with van der Waals surface area (Å²) in [5, 5.41) is 3.12. The highest BCUT2D eigenvalue weighted by molar-refractivity contribution is 7.97. The van der Waals surface area contributed by atoms with Crippen LogP contribution >= 0.6 is 11.9 Å². The molecule has 0 aromatic carbocycles. The zero-order chi connectivity index (χ0) is 24.7. The smallest absolute Gasteiger partial charge is 0.241 e. The molecule has 1 amide bonds. The Morgan fingerprint density at radius 2 is 1.94 bits per heavy atom. The van der Waals surface area contributed by atoms with Crippen molar-refractivity contribution in [1.29, 1.82) is 0 Å². The fourth-order valence-corrected chi connectivity index (χ4v) is 5.21. The van der Waals surface area contributed by atoms with Crippen molar-refractivity contribution in [3.8, 4) is 0 Å². The van der Waals surface area contributed by atoms with Crippen LogP contribution < -0.4 is 10.2 Å². The standard InChI is InChI=1S/C13H20N2OS.C12H18N4O/c1-10-4-6-15(7-5-10)17-13-8-12(9-16)14(3)11(13)2;1-13-8-10-4-3-5-14-12(10)16-7-6-15(2)11(17)9-16/h8-10H,4-7H2,1-3H3;3-5,13H,6-9H2,1-2H3. The molecule has 0 spiro atoms. The maximum atomic E-state index is 11.7. The van der Waals surface area contributed by atoms with Crippen molar-refractivity contribution >= 4 is 30.0 Å². The summed E-state index contributed by atoms with van der Waals surface area (Å²) >= 11 is 1.80. The molecule has 0 aliphatic carbocycles. The number of nitrogens with one attached hydrogen (secondary N) is 1. The SMILES string of the molecule is CNCc1cccnc1N1CCN(C)C(=O)C1.Cc1c(SN2CCC(C)CC2)cc(C=O)n1C. The van der Waals surface area contributed by atoms with Gasteiger partial charge in [0, 0.05) is 69.2 Å². The molecule has 2 fully saturated rings. The third-order valence-corrected chi connectivity index (χ3v) is 7.84. The molecule has 186 valence electrons. The number of rotatable bonds is 6. The number of anilines is 1. The number of likely N-dealkylation sites (N-methyl/N-ethyl adjacent to an activating group) is 1. The molecule has 2 aliphatic rings. The number of nitrogens with zero attached hydrogens (tertiary/aromatic N) is 5. The summed E-state index contributed by atoms with van der Waals surface area (Å²) in [6.45, 7) is 9.48. The predicted molar refractivity (Wildman–Crippen MR) is 138 cm³/mol. The molecule has 4 rings (SSSR count). The molecule has 2 saturated heterocycles. The van der Waals surface area contributed by atoms with E-state index in [4.69, 9.17) is 0 Å². The number of aldehydes is 1. The monoisotopic (exact) mass is 486 g/mol. The second kappa shape index (κ2) is 12.4. The van der Waals surface area contributed by atoms with Crippen LogP contribution in [0.15, 0.2) is 29.3 Å². The first-order valence-corrected chi connectivity index (χ1v) is 12.7. The van der Waals surface area contributed by atoms with E-state index in [1.165, 1.54) is 23.4 Å². The molecule has 9 heteroatoms. The lowest BCUT2D eigenvalue weighted by Crippen LogP contribution is -2.49. The van der Waals surface area contributed by atoms with Crippen LogP contribution in [0.2, 0.25) is 0 Å². The average molecular weight is 487 g/mol. The van der Waals surface area contributed by atoms with Gasteiger partial charge in [0.25, 0.3) is 0 Å². The fraction of sp³-hybridized carbons (Fsp3) is 0.560. The van der Waals surface area contributed by atoms with Gasteiger partial charge >= 0.3 is 0 Å². The number of hydrogen-bond acceptors (Lipinski definition) is 7. The van der Waals surface area contributed by atoms with E-state index in [0.29, 0.717) is 6.54 Å². The van der Waals surface area contributed by atoms with Crippen molar-refractivity contribution in [2.24, 2.45) is 13.0 Å². The summed E-state index contributed by atoms with van der Waals surface area (Å²) in [6.07, 6.45) is 5.26. The minimum atomic E-state index is 0.150. The van der Waals surface area contributed by atoms with E-state index in [0.717, 1.165) is 62.0 Å². The fourth-order valence-electron chi connectivity index (χ4n) is 4.10. The zero-order valence-electron chi connectivity index (χ0n) is 21.1. The molecular weight excluding hydrogens is 448 g/mol. The Morgan fingerprint density at radius 3 is 2.56 bits per heavy atom. The van der Waals surface area contributed by atoms with E-state index < -0.39 is 0 Å². The lowest BCUT2D eigenvalue weighted by Gasteiger charge is -2.33. The summed E-state index contributed by atoms with van der Waals surface area (Å²) in [5.74, 6) is 1.93. The first-order chi connectivity index (χ1) is 16.3. The van der Waals surface area contributed by atoms with Gasteiger partial charge < -0.3 is 19.7 Å². The van der Waals surface area contributed by atoms with Crippen molar-refractivity contribution < 1.29 is 9.59 Å².